The van der Waals surface area contributed by atoms with E-state index in [0.29, 0.717) is 17.8 Å². The molecule has 1 fully saturated rings. The standard InChI is InChI=1S/C20H19N5OS/c1-27-16-9-6-13(7-10-16)20-21-19(23-26-20)14-8-11-18-17(12-14)22-24-25(18)15-4-2-3-5-15/h6-12,15H,2-5H2,1H3. The first kappa shape index (κ1) is 16.5. The van der Waals surface area contributed by atoms with Gasteiger partial charge in [0, 0.05) is 16.0 Å². The van der Waals surface area contributed by atoms with Crippen molar-refractivity contribution in [1.82, 2.24) is 25.1 Å². The molecule has 2 aromatic heterocycles. The Labute approximate surface area is 161 Å². The molecule has 27 heavy (non-hydrogen) atoms. The average molecular weight is 377 g/mol. The molecule has 4 aromatic rings. The first-order valence-corrected chi connectivity index (χ1v) is 10.4. The van der Waals surface area contributed by atoms with E-state index in [-0.39, 0.29) is 0 Å². The van der Waals surface area contributed by atoms with Gasteiger partial charge >= 0.3 is 0 Å². The highest BCUT2D eigenvalue weighted by Gasteiger charge is 2.20. The summed E-state index contributed by atoms with van der Waals surface area (Å²) in [6, 6.07) is 14.6. The first-order valence-electron chi connectivity index (χ1n) is 9.15. The molecule has 5 rings (SSSR count). The first-order chi connectivity index (χ1) is 13.3. The predicted molar refractivity (Wildman–Crippen MR) is 106 cm³/mol. The minimum Gasteiger partial charge on any atom is -0.334 e. The van der Waals surface area contributed by atoms with Crippen LogP contribution < -0.4 is 0 Å². The van der Waals surface area contributed by atoms with Crippen LogP contribution in [0.2, 0.25) is 0 Å². The number of hydrogen-bond acceptors (Lipinski definition) is 6. The monoisotopic (exact) mass is 377 g/mol. The van der Waals surface area contributed by atoms with E-state index in [1.807, 2.05) is 24.3 Å². The van der Waals surface area contributed by atoms with E-state index in [1.165, 1.54) is 30.6 Å². The van der Waals surface area contributed by atoms with Crippen LogP contribution in [-0.2, 0) is 0 Å². The molecule has 6 nitrogen and oxygen atoms in total. The van der Waals surface area contributed by atoms with E-state index in [4.69, 9.17) is 4.52 Å². The van der Waals surface area contributed by atoms with Crippen molar-refractivity contribution < 1.29 is 4.52 Å². The van der Waals surface area contributed by atoms with Crippen LogP contribution in [0.4, 0.5) is 0 Å². The Hall–Kier alpha value is -2.67. The zero-order valence-corrected chi connectivity index (χ0v) is 15.8. The minimum absolute atomic E-state index is 0.474. The van der Waals surface area contributed by atoms with Gasteiger partial charge in [-0.05, 0) is 61.6 Å². The molecule has 0 N–H and O–H groups in total. The number of nitrogens with zero attached hydrogens (tertiary/aromatic N) is 5. The van der Waals surface area contributed by atoms with E-state index < -0.39 is 0 Å². The van der Waals surface area contributed by atoms with Gasteiger partial charge in [0.1, 0.15) is 5.52 Å². The fourth-order valence-electron chi connectivity index (χ4n) is 3.69. The molecule has 1 aliphatic rings. The highest BCUT2D eigenvalue weighted by molar-refractivity contribution is 7.98. The molecule has 0 atom stereocenters. The van der Waals surface area contributed by atoms with Gasteiger partial charge in [0.25, 0.3) is 5.89 Å². The van der Waals surface area contributed by atoms with Crippen molar-refractivity contribution in [3.63, 3.8) is 0 Å². The summed E-state index contributed by atoms with van der Waals surface area (Å²) in [5.41, 5.74) is 3.74. The highest BCUT2D eigenvalue weighted by atomic mass is 32.2. The van der Waals surface area contributed by atoms with Crippen LogP contribution in [0.25, 0.3) is 33.9 Å². The molecule has 0 amide bonds. The molecular weight excluding hydrogens is 358 g/mol. The maximum Gasteiger partial charge on any atom is 0.258 e. The second-order valence-corrected chi connectivity index (χ2v) is 7.71. The summed E-state index contributed by atoms with van der Waals surface area (Å²) in [5, 5.41) is 12.9. The van der Waals surface area contributed by atoms with Crippen molar-refractivity contribution in [2.45, 2.75) is 36.6 Å². The Balaban J connectivity index is 1.46. The number of hydrogen-bond donors (Lipinski definition) is 0. The van der Waals surface area contributed by atoms with Crippen LogP contribution in [0.1, 0.15) is 31.7 Å². The molecule has 7 heteroatoms. The lowest BCUT2D eigenvalue weighted by Crippen LogP contribution is -2.06. The molecule has 2 aromatic carbocycles. The number of fused-ring (bicyclic) bond motifs is 1. The van der Waals surface area contributed by atoms with Gasteiger partial charge in [-0.2, -0.15) is 4.98 Å². The molecule has 136 valence electrons. The van der Waals surface area contributed by atoms with Gasteiger partial charge in [-0.1, -0.05) is 23.2 Å². The van der Waals surface area contributed by atoms with Crippen LogP contribution in [0.15, 0.2) is 51.9 Å². The quantitative estimate of drug-likeness (QED) is 0.467. The normalized spacial score (nSPS) is 15.0. The van der Waals surface area contributed by atoms with Crippen molar-refractivity contribution in [3.8, 4) is 22.8 Å². The Bertz CT molecular complexity index is 1080. The third-order valence-corrected chi connectivity index (χ3v) is 5.91. The van der Waals surface area contributed by atoms with Crippen molar-refractivity contribution in [3.05, 3.63) is 42.5 Å². The van der Waals surface area contributed by atoms with Gasteiger partial charge in [0.15, 0.2) is 0 Å². The maximum atomic E-state index is 5.47. The molecule has 0 spiro atoms. The molecular formula is C20H19N5OS. The van der Waals surface area contributed by atoms with Crippen molar-refractivity contribution in [2.75, 3.05) is 6.26 Å². The van der Waals surface area contributed by atoms with E-state index >= 15 is 0 Å². The minimum atomic E-state index is 0.474. The SMILES string of the molecule is CSc1ccc(-c2nc(-c3ccc4c(c3)nnn4C3CCCC3)no2)cc1. The van der Waals surface area contributed by atoms with Gasteiger partial charge < -0.3 is 4.52 Å². The van der Waals surface area contributed by atoms with Crippen LogP contribution in [0, 0.1) is 0 Å². The van der Waals surface area contributed by atoms with Gasteiger partial charge in [0.05, 0.1) is 11.6 Å². The largest absolute Gasteiger partial charge is 0.334 e. The fourth-order valence-corrected chi connectivity index (χ4v) is 4.10. The number of rotatable bonds is 4. The zero-order chi connectivity index (χ0) is 18.2. The summed E-state index contributed by atoms with van der Waals surface area (Å²) >= 11 is 1.71. The second-order valence-electron chi connectivity index (χ2n) is 6.83. The Morgan fingerprint density at radius 3 is 2.59 bits per heavy atom. The number of aromatic nitrogens is 5. The van der Waals surface area contributed by atoms with Crippen molar-refractivity contribution in [1.29, 1.82) is 0 Å². The Kier molecular flexibility index (Phi) is 4.16. The summed E-state index contributed by atoms with van der Waals surface area (Å²) in [6.45, 7) is 0. The Morgan fingerprint density at radius 2 is 1.81 bits per heavy atom. The smallest absolute Gasteiger partial charge is 0.258 e. The summed E-state index contributed by atoms with van der Waals surface area (Å²) in [6.07, 6.45) is 6.97. The predicted octanol–water partition coefficient (Wildman–Crippen LogP) is 4.99. The molecule has 0 radical (unpaired) electrons. The number of thioether (sulfide) groups is 1. The van der Waals surface area contributed by atoms with E-state index in [9.17, 15) is 0 Å². The fraction of sp³-hybridized carbons (Fsp3) is 0.300. The summed E-state index contributed by atoms with van der Waals surface area (Å²) in [7, 11) is 0. The van der Waals surface area contributed by atoms with Gasteiger partial charge in [0.2, 0.25) is 5.82 Å². The third-order valence-electron chi connectivity index (χ3n) is 5.16. The summed E-state index contributed by atoms with van der Waals surface area (Å²) in [5.74, 6) is 1.09. The van der Waals surface area contributed by atoms with E-state index in [1.54, 1.807) is 11.8 Å². The lowest BCUT2D eigenvalue weighted by molar-refractivity contribution is 0.432. The lowest BCUT2D eigenvalue weighted by atomic mass is 10.1. The summed E-state index contributed by atoms with van der Waals surface area (Å²) < 4.78 is 7.54. The maximum absolute atomic E-state index is 5.47. The van der Waals surface area contributed by atoms with Gasteiger partial charge in [-0.25, -0.2) is 4.68 Å². The van der Waals surface area contributed by atoms with Crippen LogP contribution in [0.5, 0.6) is 0 Å². The van der Waals surface area contributed by atoms with Crippen LogP contribution in [0.3, 0.4) is 0 Å². The average Bonchev–Trinajstić information content (AvgIpc) is 3.47. The molecule has 0 bridgehead atoms. The molecule has 0 unspecified atom stereocenters. The van der Waals surface area contributed by atoms with Gasteiger partial charge in [-0.3, -0.25) is 0 Å². The highest BCUT2D eigenvalue weighted by Crippen LogP contribution is 2.32. The molecule has 0 aliphatic heterocycles. The van der Waals surface area contributed by atoms with Crippen LogP contribution in [-0.4, -0.2) is 31.4 Å². The van der Waals surface area contributed by atoms with Gasteiger partial charge in [-0.15, -0.1) is 16.9 Å². The third kappa shape index (κ3) is 3.02. The molecule has 0 saturated heterocycles. The summed E-state index contributed by atoms with van der Waals surface area (Å²) in [4.78, 5) is 5.76. The number of benzene rings is 2. The molecule has 2 heterocycles. The van der Waals surface area contributed by atoms with Crippen molar-refractivity contribution >= 4 is 22.8 Å². The molecule has 1 saturated carbocycles. The van der Waals surface area contributed by atoms with E-state index in [2.05, 4.69) is 49.6 Å². The van der Waals surface area contributed by atoms with E-state index in [0.717, 1.165) is 22.2 Å². The van der Waals surface area contributed by atoms with Crippen molar-refractivity contribution in [2.24, 2.45) is 0 Å². The topological polar surface area (TPSA) is 69.6 Å². The Morgan fingerprint density at radius 1 is 1.04 bits per heavy atom. The lowest BCUT2D eigenvalue weighted by Gasteiger charge is -2.09. The van der Waals surface area contributed by atoms with Crippen LogP contribution >= 0.6 is 11.8 Å². The second kappa shape index (κ2) is 6.81. The molecule has 1 aliphatic carbocycles. The zero-order valence-electron chi connectivity index (χ0n) is 15.0.